The zero-order chi connectivity index (χ0) is 25.8. The maximum absolute atomic E-state index is 12.8. The van der Waals surface area contributed by atoms with Gasteiger partial charge in [0.15, 0.2) is 0 Å². The fourth-order valence-corrected chi connectivity index (χ4v) is 5.93. The van der Waals surface area contributed by atoms with Gasteiger partial charge in [-0.2, -0.15) is 0 Å². The van der Waals surface area contributed by atoms with E-state index in [1.807, 2.05) is 76.2 Å². The molecule has 0 aromatic heterocycles. The Morgan fingerprint density at radius 3 is 1.37 bits per heavy atom. The van der Waals surface area contributed by atoms with Crippen LogP contribution in [0.1, 0.15) is 27.7 Å². The Morgan fingerprint density at radius 2 is 1.00 bits per heavy atom. The fraction of sp³-hybridized carbons (Fsp3) is 0.357. The van der Waals surface area contributed by atoms with Crippen LogP contribution in [0, 0.1) is 0 Å². The molecule has 0 bridgehead atoms. The van der Waals surface area contributed by atoms with Crippen molar-refractivity contribution in [1.82, 2.24) is 0 Å². The van der Waals surface area contributed by atoms with Crippen molar-refractivity contribution < 1.29 is 18.4 Å². The lowest BCUT2D eigenvalue weighted by Crippen LogP contribution is -2.41. The van der Waals surface area contributed by atoms with E-state index in [1.165, 1.54) is 0 Å². The predicted molar refractivity (Wildman–Crippen MR) is 151 cm³/mol. The summed E-state index contributed by atoms with van der Waals surface area (Å²) in [6.45, 7) is 15.3. The van der Waals surface area contributed by atoms with E-state index in [4.69, 9.17) is 9.31 Å². The van der Waals surface area contributed by atoms with Gasteiger partial charge >= 0.3 is 7.12 Å². The standard InChI is InChI=1S/C28H35BO4P2/c1-27(2)28(3,4)33-29(32-27)24-16-22(20-11-9-13-25(18-20)34(5,6)30)15-23(17-24)21-12-10-14-26(19-21)35(7,8)31/h9-19H,1-8H3. The van der Waals surface area contributed by atoms with Crippen LogP contribution in [0.2, 0.25) is 0 Å². The van der Waals surface area contributed by atoms with Crippen LogP contribution < -0.4 is 16.1 Å². The Balaban J connectivity index is 1.89. The van der Waals surface area contributed by atoms with Gasteiger partial charge in [0.25, 0.3) is 0 Å². The Hall–Kier alpha value is -1.90. The Kier molecular flexibility index (Phi) is 6.65. The third kappa shape index (κ3) is 5.44. The summed E-state index contributed by atoms with van der Waals surface area (Å²) in [5.74, 6) is 0. The van der Waals surface area contributed by atoms with Crippen LogP contribution in [0.25, 0.3) is 22.3 Å². The average Bonchev–Trinajstić information content (AvgIpc) is 2.99. The first-order valence-electron chi connectivity index (χ1n) is 11.9. The second kappa shape index (κ2) is 8.89. The molecule has 35 heavy (non-hydrogen) atoms. The first kappa shape index (κ1) is 26.2. The second-order valence-electron chi connectivity index (χ2n) is 11.2. The number of hydrogen-bond donors (Lipinski definition) is 0. The largest absolute Gasteiger partial charge is 0.494 e. The van der Waals surface area contributed by atoms with Gasteiger partial charge in [0.05, 0.1) is 11.2 Å². The average molecular weight is 508 g/mol. The summed E-state index contributed by atoms with van der Waals surface area (Å²) in [5, 5.41) is 1.69. The molecule has 1 fully saturated rings. The minimum atomic E-state index is -2.41. The van der Waals surface area contributed by atoms with E-state index in [9.17, 15) is 9.13 Å². The molecule has 1 aliphatic heterocycles. The van der Waals surface area contributed by atoms with E-state index in [-0.39, 0.29) is 0 Å². The molecule has 4 nitrogen and oxygen atoms in total. The summed E-state index contributed by atoms with van der Waals surface area (Å²) in [7, 11) is -5.33. The molecule has 0 spiro atoms. The highest BCUT2D eigenvalue weighted by molar-refractivity contribution is 7.70. The molecular weight excluding hydrogens is 473 g/mol. The lowest BCUT2D eigenvalue weighted by Gasteiger charge is -2.32. The zero-order valence-electron chi connectivity index (χ0n) is 22.0. The van der Waals surface area contributed by atoms with Crippen molar-refractivity contribution in [2.24, 2.45) is 0 Å². The molecular formula is C28H35BO4P2. The summed E-state index contributed by atoms with van der Waals surface area (Å²) < 4.78 is 38.3. The van der Waals surface area contributed by atoms with Gasteiger partial charge in [-0.3, -0.25) is 0 Å². The molecule has 0 atom stereocenters. The van der Waals surface area contributed by atoms with Gasteiger partial charge in [-0.1, -0.05) is 48.5 Å². The zero-order valence-corrected chi connectivity index (χ0v) is 23.7. The van der Waals surface area contributed by atoms with Crippen molar-refractivity contribution in [2.45, 2.75) is 38.9 Å². The third-order valence-corrected chi connectivity index (χ3v) is 10.1. The van der Waals surface area contributed by atoms with Gasteiger partial charge in [-0.25, -0.2) is 0 Å². The Morgan fingerprint density at radius 1 is 0.600 bits per heavy atom. The topological polar surface area (TPSA) is 52.6 Å². The highest BCUT2D eigenvalue weighted by Gasteiger charge is 2.51. The third-order valence-electron chi connectivity index (χ3n) is 7.08. The number of benzene rings is 3. The normalized spacial score (nSPS) is 17.5. The van der Waals surface area contributed by atoms with E-state index < -0.39 is 32.6 Å². The summed E-state index contributed by atoms with van der Waals surface area (Å²) in [4.78, 5) is 0. The van der Waals surface area contributed by atoms with Crippen LogP contribution in [0.5, 0.6) is 0 Å². The summed E-state index contributed by atoms with van der Waals surface area (Å²) in [5.41, 5.74) is 3.95. The van der Waals surface area contributed by atoms with Crippen molar-refractivity contribution in [1.29, 1.82) is 0 Å². The molecule has 1 saturated heterocycles. The first-order valence-corrected chi connectivity index (χ1v) is 17.1. The highest BCUT2D eigenvalue weighted by Crippen LogP contribution is 2.39. The molecule has 0 aliphatic carbocycles. The fourth-order valence-electron chi connectivity index (χ4n) is 4.14. The molecule has 4 rings (SSSR count). The molecule has 0 N–H and O–H groups in total. The molecule has 0 amide bonds. The van der Waals surface area contributed by atoms with Crippen molar-refractivity contribution in [2.75, 3.05) is 26.7 Å². The van der Waals surface area contributed by atoms with Gasteiger partial charge in [0.2, 0.25) is 0 Å². The van der Waals surface area contributed by atoms with Crippen molar-refractivity contribution in [3.05, 3.63) is 66.7 Å². The minimum Gasteiger partial charge on any atom is -0.399 e. The quantitative estimate of drug-likeness (QED) is 0.322. The van der Waals surface area contributed by atoms with E-state index >= 15 is 0 Å². The van der Waals surface area contributed by atoms with Crippen LogP contribution in [0.3, 0.4) is 0 Å². The van der Waals surface area contributed by atoms with Gasteiger partial charge in [-0.05, 0) is 100 Å². The molecule has 0 saturated carbocycles. The highest BCUT2D eigenvalue weighted by atomic mass is 31.2. The Bertz CT molecular complexity index is 1270. The molecule has 3 aromatic rings. The SMILES string of the molecule is CC1(C)OB(c2cc(-c3cccc(P(C)(C)=O)c3)cc(-c3cccc(P(C)(C)=O)c3)c2)OC1(C)C. The van der Waals surface area contributed by atoms with E-state index in [0.717, 1.165) is 38.3 Å². The van der Waals surface area contributed by atoms with Gasteiger partial charge < -0.3 is 18.4 Å². The monoisotopic (exact) mass is 508 g/mol. The van der Waals surface area contributed by atoms with Gasteiger partial charge in [0, 0.05) is 10.6 Å². The van der Waals surface area contributed by atoms with Gasteiger partial charge in [0.1, 0.15) is 14.3 Å². The van der Waals surface area contributed by atoms with Gasteiger partial charge in [-0.15, -0.1) is 0 Å². The molecule has 0 radical (unpaired) electrons. The lowest BCUT2D eigenvalue weighted by molar-refractivity contribution is 0.00578. The van der Waals surface area contributed by atoms with E-state index in [2.05, 4.69) is 18.2 Å². The van der Waals surface area contributed by atoms with Crippen molar-refractivity contribution in [3.63, 3.8) is 0 Å². The van der Waals surface area contributed by atoms with Crippen LogP contribution in [-0.4, -0.2) is 45.0 Å². The predicted octanol–water partition coefficient (Wildman–Crippen LogP) is 5.82. The molecule has 3 aromatic carbocycles. The molecule has 1 aliphatic rings. The van der Waals surface area contributed by atoms with E-state index in [0.29, 0.717) is 0 Å². The maximum Gasteiger partial charge on any atom is 0.494 e. The van der Waals surface area contributed by atoms with Crippen LogP contribution in [-0.2, 0) is 18.4 Å². The number of rotatable bonds is 5. The molecule has 184 valence electrons. The number of hydrogen-bond acceptors (Lipinski definition) is 4. The summed E-state index contributed by atoms with van der Waals surface area (Å²) in [6.07, 6.45) is 0. The smallest absolute Gasteiger partial charge is 0.399 e. The lowest BCUT2D eigenvalue weighted by atomic mass is 9.76. The molecule has 7 heteroatoms. The van der Waals surface area contributed by atoms with Crippen molar-refractivity contribution >= 4 is 37.5 Å². The van der Waals surface area contributed by atoms with Crippen LogP contribution >= 0.6 is 14.3 Å². The van der Waals surface area contributed by atoms with E-state index in [1.54, 1.807) is 26.7 Å². The summed E-state index contributed by atoms with van der Waals surface area (Å²) >= 11 is 0. The van der Waals surface area contributed by atoms with Crippen molar-refractivity contribution in [3.8, 4) is 22.3 Å². The van der Waals surface area contributed by atoms with Crippen LogP contribution in [0.4, 0.5) is 0 Å². The maximum atomic E-state index is 12.8. The summed E-state index contributed by atoms with van der Waals surface area (Å²) in [6, 6.07) is 22.2. The second-order valence-corrected chi connectivity index (χ2v) is 17.7. The molecule has 0 unspecified atom stereocenters. The minimum absolute atomic E-state index is 0.457. The Labute approximate surface area is 210 Å². The van der Waals surface area contributed by atoms with Crippen LogP contribution in [0.15, 0.2) is 66.7 Å². The molecule has 1 heterocycles. The first-order chi connectivity index (χ1) is 16.1.